The van der Waals surface area contributed by atoms with Gasteiger partial charge in [-0.1, -0.05) is 19.9 Å². The Balaban J connectivity index is 1.75. The number of amides is 1. The van der Waals surface area contributed by atoms with Crippen LogP contribution in [0.25, 0.3) is 17.0 Å². The number of hydrogen-bond acceptors (Lipinski definition) is 8. The first-order valence-electron chi connectivity index (χ1n) is 12.2. The van der Waals surface area contributed by atoms with Crippen LogP contribution in [-0.2, 0) is 27.2 Å². The number of ketones is 2. The minimum atomic E-state index is -2.58. The highest BCUT2D eigenvalue weighted by Crippen LogP contribution is 2.53. The molecular formula is C28H28N2O7. The molecule has 37 heavy (non-hydrogen) atoms. The number of phenolic OH excluding ortho intramolecular Hbond substituents is 1. The van der Waals surface area contributed by atoms with Gasteiger partial charge in [-0.05, 0) is 60.4 Å². The number of nitrogens with zero attached hydrogens (tertiary/aromatic N) is 1. The van der Waals surface area contributed by atoms with Crippen molar-refractivity contribution >= 4 is 23.2 Å². The molecule has 3 aliphatic rings. The van der Waals surface area contributed by atoms with Crippen LogP contribution in [0.5, 0.6) is 5.75 Å². The van der Waals surface area contributed by atoms with Gasteiger partial charge in [-0.2, -0.15) is 0 Å². The fraction of sp³-hybridized carbons (Fsp3) is 0.357. The Hall–Kier alpha value is -3.98. The number of pyridine rings is 1. The highest BCUT2D eigenvalue weighted by molar-refractivity contribution is 6.22. The quantitative estimate of drug-likeness (QED) is 0.396. The number of aliphatic hydroxyl groups is 3. The lowest BCUT2D eigenvalue weighted by Gasteiger charge is -2.46. The van der Waals surface area contributed by atoms with E-state index in [0.29, 0.717) is 28.8 Å². The first kappa shape index (κ1) is 24.7. The van der Waals surface area contributed by atoms with Crippen molar-refractivity contribution in [3.8, 4) is 17.0 Å². The van der Waals surface area contributed by atoms with Crippen molar-refractivity contribution in [1.29, 1.82) is 0 Å². The third-order valence-electron chi connectivity index (χ3n) is 7.71. The van der Waals surface area contributed by atoms with Gasteiger partial charge in [-0.3, -0.25) is 19.4 Å². The number of carbonyl (C=O) groups is 3. The van der Waals surface area contributed by atoms with Crippen molar-refractivity contribution < 1.29 is 34.8 Å². The van der Waals surface area contributed by atoms with Crippen LogP contribution in [-0.4, -0.2) is 48.5 Å². The number of phenols is 1. The van der Waals surface area contributed by atoms with Gasteiger partial charge in [0.15, 0.2) is 11.4 Å². The van der Waals surface area contributed by atoms with E-state index in [0.717, 1.165) is 0 Å². The fourth-order valence-electron chi connectivity index (χ4n) is 6.09. The van der Waals surface area contributed by atoms with Crippen molar-refractivity contribution in [2.45, 2.75) is 45.1 Å². The summed E-state index contributed by atoms with van der Waals surface area (Å²) in [6.07, 6.45) is 2.10. The molecule has 3 aliphatic carbocycles. The monoisotopic (exact) mass is 504 g/mol. The van der Waals surface area contributed by atoms with E-state index in [-0.39, 0.29) is 42.1 Å². The van der Waals surface area contributed by atoms with Crippen LogP contribution in [0, 0.1) is 17.8 Å². The second-order valence-corrected chi connectivity index (χ2v) is 10.5. The average molecular weight is 505 g/mol. The van der Waals surface area contributed by atoms with Crippen LogP contribution in [0.4, 0.5) is 0 Å². The Labute approximate surface area is 213 Å². The lowest BCUT2D eigenvalue weighted by molar-refractivity contribution is -0.147. The molecule has 9 heteroatoms. The topological polar surface area (TPSA) is 171 Å². The summed E-state index contributed by atoms with van der Waals surface area (Å²) < 4.78 is 0. The second kappa shape index (κ2) is 8.55. The molecule has 1 heterocycles. The zero-order valence-corrected chi connectivity index (χ0v) is 20.5. The minimum Gasteiger partial charge on any atom is -0.508 e. The molecule has 6 N–H and O–H groups in total. The maximum absolute atomic E-state index is 13.7. The van der Waals surface area contributed by atoms with E-state index in [1.807, 2.05) is 32.0 Å². The molecule has 9 nitrogen and oxygen atoms in total. The summed E-state index contributed by atoms with van der Waals surface area (Å²) in [5.74, 6) is -6.16. The number of carbonyl (C=O) groups excluding carboxylic acids is 3. The first-order valence-corrected chi connectivity index (χ1v) is 12.2. The van der Waals surface area contributed by atoms with Gasteiger partial charge in [0.25, 0.3) is 5.91 Å². The van der Waals surface area contributed by atoms with E-state index in [9.17, 15) is 34.8 Å². The second-order valence-electron chi connectivity index (χ2n) is 10.5. The Bertz CT molecular complexity index is 1420. The maximum Gasteiger partial charge on any atom is 0.255 e. The third kappa shape index (κ3) is 3.56. The number of Topliss-reactive ketones (excluding diaryl/α,β-unsaturated/α-hetero) is 2. The number of fused-ring (bicyclic) bond motifs is 3. The number of nitrogens with two attached hydrogens (primary N) is 1. The number of hydrogen-bond donors (Lipinski definition) is 5. The normalized spacial score (nSPS) is 25.2. The van der Waals surface area contributed by atoms with Crippen molar-refractivity contribution in [2.75, 3.05) is 0 Å². The van der Waals surface area contributed by atoms with Crippen molar-refractivity contribution in [1.82, 2.24) is 4.98 Å². The van der Waals surface area contributed by atoms with E-state index >= 15 is 0 Å². The molecule has 1 fully saturated rings. The summed E-state index contributed by atoms with van der Waals surface area (Å²) >= 11 is 0. The van der Waals surface area contributed by atoms with Gasteiger partial charge in [0.1, 0.15) is 22.8 Å². The first-order chi connectivity index (χ1) is 17.5. The summed E-state index contributed by atoms with van der Waals surface area (Å²) in [4.78, 5) is 42.5. The molecule has 0 saturated heterocycles. The van der Waals surface area contributed by atoms with E-state index in [1.165, 1.54) is 0 Å². The van der Waals surface area contributed by atoms with Crippen LogP contribution in [0.3, 0.4) is 0 Å². The molecule has 3 atom stereocenters. The number of primary amides is 1. The lowest BCUT2D eigenvalue weighted by Crippen LogP contribution is -2.58. The zero-order valence-electron chi connectivity index (χ0n) is 20.5. The van der Waals surface area contributed by atoms with E-state index in [2.05, 4.69) is 4.98 Å². The van der Waals surface area contributed by atoms with Gasteiger partial charge in [0, 0.05) is 29.7 Å². The number of aliphatic hydroxyl groups excluding tert-OH is 2. The number of aromatic hydroxyl groups is 1. The molecule has 5 rings (SSSR count). The highest BCUT2D eigenvalue weighted by Gasteiger charge is 2.60. The molecule has 2 aromatic rings. The summed E-state index contributed by atoms with van der Waals surface area (Å²) in [7, 11) is 0. The van der Waals surface area contributed by atoms with Gasteiger partial charge in [-0.15, -0.1) is 0 Å². The molecule has 1 aromatic carbocycles. The predicted molar refractivity (Wildman–Crippen MR) is 133 cm³/mol. The number of aromatic nitrogens is 1. The molecule has 0 aliphatic heterocycles. The van der Waals surface area contributed by atoms with Crippen molar-refractivity contribution in [3.63, 3.8) is 0 Å². The van der Waals surface area contributed by atoms with E-state index in [1.54, 1.807) is 12.3 Å². The summed E-state index contributed by atoms with van der Waals surface area (Å²) in [5, 5.41) is 44.8. The molecule has 1 saturated carbocycles. The molecule has 0 bridgehead atoms. The van der Waals surface area contributed by atoms with Crippen LogP contribution < -0.4 is 5.73 Å². The van der Waals surface area contributed by atoms with Gasteiger partial charge >= 0.3 is 0 Å². The van der Waals surface area contributed by atoms with Crippen molar-refractivity contribution in [3.05, 3.63) is 64.1 Å². The molecular weight excluding hydrogens is 476 g/mol. The maximum atomic E-state index is 13.7. The zero-order chi connectivity index (χ0) is 26.8. The minimum absolute atomic E-state index is 0.0824. The van der Waals surface area contributed by atoms with Gasteiger partial charge < -0.3 is 26.2 Å². The molecule has 0 radical (unpaired) electrons. The SMILES string of the molecule is CC(C)Cc1cc(-c2ccccn2)c2c(c1O)C(O)=C1C(=O)[C@]3(O)C(O)=C(C(N)=O)C(=O)C[C@@H]3C[C@@H]1C2. The molecule has 192 valence electrons. The van der Waals surface area contributed by atoms with E-state index in [4.69, 9.17) is 5.73 Å². The smallest absolute Gasteiger partial charge is 0.255 e. The Morgan fingerprint density at radius 2 is 1.92 bits per heavy atom. The molecule has 1 amide bonds. The van der Waals surface area contributed by atoms with Crippen LogP contribution in [0.1, 0.15) is 43.4 Å². The predicted octanol–water partition coefficient (Wildman–Crippen LogP) is 2.68. The molecule has 0 spiro atoms. The Morgan fingerprint density at radius 1 is 1.19 bits per heavy atom. The molecule has 1 aromatic heterocycles. The summed E-state index contributed by atoms with van der Waals surface area (Å²) in [6, 6.07) is 7.29. The largest absolute Gasteiger partial charge is 0.508 e. The lowest BCUT2D eigenvalue weighted by atomic mass is 9.59. The standard InChI is InChI=1S/C28H28N2O7/c1-12(2)7-14-10-16(18-5-3-4-6-30-18)17-9-13-8-15-11-19(31)22(27(29)36)26(35)28(15,37)25(34)20(13)24(33)21(17)23(14)32/h3-6,10,12-13,15,32-33,35,37H,7-9,11H2,1-2H3,(H2,29,36)/t13-,15+,28+/m1/s1. The highest BCUT2D eigenvalue weighted by atomic mass is 16.3. The van der Waals surface area contributed by atoms with Gasteiger partial charge in [0.05, 0.1) is 11.3 Å². The van der Waals surface area contributed by atoms with Gasteiger partial charge in [-0.25, -0.2) is 0 Å². The van der Waals surface area contributed by atoms with E-state index < -0.39 is 52.0 Å². The summed E-state index contributed by atoms with van der Waals surface area (Å²) in [5.41, 5.74) is 4.32. The van der Waals surface area contributed by atoms with Crippen LogP contribution >= 0.6 is 0 Å². The number of benzene rings is 1. The average Bonchev–Trinajstić information content (AvgIpc) is 2.83. The molecule has 0 unspecified atom stereocenters. The van der Waals surface area contributed by atoms with Crippen LogP contribution in [0.15, 0.2) is 47.4 Å². The summed E-state index contributed by atoms with van der Waals surface area (Å²) in [6.45, 7) is 3.98. The third-order valence-corrected chi connectivity index (χ3v) is 7.71. The fourth-order valence-corrected chi connectivity index (χ4v) is 6.09. The van der Waals surface area contributed by atoms with Gasteiger partial charge in [0.2, 0.25) is 5.78 Å². The van der Waals surface area contributed by atoms with Crippen LogP contribution in [0.2, 0.25) is 0 Å². The Kier molecular flexibility index (Phi) is 5.71. The Morgan fingerprint density at radius 3 is 2.54 bits per heavy atom. The number of rotatable bonds is 4. The van der Waals surface area contributed by atoms with Crippen molar-refractivity contribution in [2.24, 2.45) is 23.5 Å².